The van der Waals surface area contributed by atoms with Gasteiger partial charge in [0.1, 0.15) is 12.4 Å². The Labute approximate surface area is 146 Å². The fourth-order valence-electron chi connectivity index (χ4n) is 3.37. The first-order chi connectivity index (χ1) is 11.4. The number of aryl methyl sites for hydroxylation is 1. The van der Waals surface area contributed by atoms with Crippen LogP contribution in [0.15, 0.2) is 60.4 Å². The summed E-state index contributed by atoms with van der Waals surface area (Å²) in [6.45, 7) is 14.1. The van der Waals surface area contributed by atoms with E-state index in [1.54, 1.807) is 0 Å². The van der Waals surface area contributed by atoms with E-state index < -0.39 is 0 Å². The highest BCUT2D eigenvalue weighted by Gasteiger charge is 2.23. The van der Waals surface area contributed by atoms with Gasteiger partial charge in [-0.2, -0.15) is 4.57 Å². The molecule has 0 aliphatic rings. The van der Waals surface area contributed by atoms with E-state index in [-0.39, 0.29) is 6.23 Å². The van der Waals surface area contributed by atoms with Gasteiger partial charge in [0.2, 0.25) is 6.33 Å². The molecule has 2 aromatic rings. The Hall–Kier alpha value is -2.03. The molecule has 0 bridgehead atoms. The molecule has 0 aliphatic heterocycles. The maximum absolute atomic E-state index is 6.49. The van der Waals surface area contributed by atoms with Crippen LogP contribution in [0.1, 0.15) is 53.3 Å². The summed E-state index contributed by atoms with van der Waals surface area (Å²) in [6.07, 6.45) is 6.13. The van der Waals surface area contributed by atoms with Crippen LogP contribution in [0.4, 0.5) is 0 Å². The highest BCUT2D eigenvalue weighted by molar-refractivity contribution is 5.20. The summed E-state index contributed by atoms with van der Waals surface area (Å²) in [5.74, 6) is 1.99. The maximum Gasteiger partial charge on any atom is 0.268 e. The zero-order chi connectivity index (χ0) is 17.7. The van der Waals surface area contributed by atoms with Crippen molar-refractivity contribution in [2.24, 2.45) is 11.8 Å². The Morgan fingerprint density at radius 2 is 1.71 bits per heavy atom. The summed E-state index contributed by atoms with van der Waals surface area (Å²) in [7, 11) is 0. The minimum atomic E-state index is -0.147. The van der Waals surface area contributed by atoms with E-state index >= 15 is 0 Å². The van der Waals surface area contributed by atoms with Crippen LogP contribution in [-0.4, -0.2) is 4.57 Å². The average molecular weight is 327 g/mol. The van der Waals surface area contributed by atoms with Crippen molar-refractivity contribution < 1.29 is 9.30 Å². The molecular formula is C21H31N2O+. The number of allylic oxidation sites excluding steroid dienone is 2. The monoisotopic (exact) mass is 327 g/mol. The summed E-state index contributed by atoms with van der Waals surface area (Å²) in [5, 5.41) is 0. The normalized spacial score (nSPS) is 12.5. The largest absolute Gasteiger partial charge is 0.452 e. The number of aromatic nitrogens is 2. The van der Waals surface area contributed by atoms with Crippen molar-refractivity contribution in [2.45, 2.75) is 54.3 Å². The SMILES string of the molecule is CC[n+]1ccn(C(OC(C)=C(C(C)C)C(C)C)c2ccccc2)c1. The van der Waals surface area contributed by atoms with Crippen LogP contribution in [0.5, 0.6) is 0 Å². The van der Waals surface area contributed by atoms with Gasteiger partial charge < -0.3 is 4.74 Å². The Bertz CT molecular complexity index is 658. The van der Waals surface area contributed by atoms with Gasteiger partial charge in [-0.3, -0.25) is 0 Å². The number of benzene rings is 1. The van der Waals surface area contributed by atoms with E-state index in [1.165, 1.54) is 5.57 Å². The van der Waals surface area contributed by atoms with Crippen LogP contribution in [0, 0.1) is 11.8 Å². The molecule has 1 unspecified atom stereocenters. The molecule has 1 aromatic heterocycles. The van der Waals surface area contributed by atoms with E-state index in [0.717, 1.165) is 17.9 Å². The molecule has 0 radical (unpaired) electrons. The number of imidazole rings is 1. The fraction of sp³-hybridized carbons (Fsp3) is 0.476. The van der Waals surface area contributed by atoms with Crippen molar-refractivity contribution in [3.05, 3.63) is 65.9 Å². The first kappa shape index (κ1) is 18.3. The smallest absolute Gasteiger partial charge is 0.268 e. The predicted molar refractivity (Wildman–Crippen MR) is 98.3 cm³/mol. The first-order valence-corrected chi connectivity index (χ1v) is 8.92. The van der Waals surface area contributed by atoms with Gasteiger partial charge >= 0.3 is 0 Å². The molecule has 3 nitrogen and oxygen atoms in total. The predicted octanol–water partition coefficient (Wildman–Crippen LogP) is 4.95. The third kappa shape index (κ3) is 4.28. The Morgan fingerprint density at radius 3 is 2.21 bits per heavy atom. The Morgan fingerprint density at radius 1 is 1.08 bits per heavy atom. The van der Waals surface area contributed by atoms with Crippen LogP contribution in [-0.2, 0) is 11.3 Å². The van der Waals surface area contributed by atoms with Gasteiger partial charge in [-0.15, -0.1) is 0 Å². The first-order valence-electron chi connectivity index (χ1n) is 8.92. The van der Waals surface area contributed by atoms with Crippen LogP contribution >= 0.6 is 0 Å². The Kier molecular flexibility index (Phi) is 6.24. The number of hydrogen-bond acceptors (Lipinski definition) is 1. The number of ether oxygens (including phenoxy) is 1. The number of rotatable bonds is 7. The molecule has 0 N–H and O–H groups in total. The van der Waals surface area contributed by atoms with Gasteiger partial charge in [0.25, 0.3) is 6.23 Å². The van der Waals surface area contributed by atoms with Gasteiger partial charge in [0.15, 0.2) is 0 Å². The standard InChI is InChI=1S/C21H31N2O/c1-7-22-13-14-23(15-22)21(19-11-9-8-10-12-19)24-18(6)20(16(2)3)17(4)5/h8-17,21H,7H2,1-6H3/q+1. The Balaban J connectivity index is 2.42. The summed E-state index contributed by atoms with van der Waals surface area (Å²) < 4.78 is 10.8. The molecular weight excluding hydrogens is 296 g/mol. The zero-order valence-corrected chi connectivity index (χ0v) is 15.9. The molecule has 3 heteroatoms. The lowest BCUT2D eigenvalue weighted by Gasteiger charge is -2.23. The summed E-state index contributed by atoms with van der Waals surface area (Å²) >= 11 is 0. The van der Waals surface area contributed by atoms with E-state index in [0.29, 0.717) is 11.8 Å². The van der Waals surface area contributed by atoms with Crippen LogP contribution in [0.2, 0.25) is 0 Å². The van der Waals surface area contributed by atoms with Crippen molar-refractivity contribution in [1.29, 1.82) is 0 Å². The minimum Gasteiger partial charge on any atom is -0.452 e. The molecule has 0 amide bonds. The van der Waals surface area contributed by atoms with E-state index in [9.17, 15) is 0 Å². The lowest BCUT2D eigenvalue weighted by Crippen LogP contribution is -2.29. The van der Waals surface area contributed by atoms with Crippen molar-refractivity contribution in [2.75, 3.05) is 0 Å². The summed E-state index contributed by atoms with van der Waals surface area (Å²) in [4.78, 5) is 0. The van der Waals surface area contributed by atoms with Gasteiger partial charge in [0.05, 0.1) is 12.3 Å². The molecule has 0 saturated carbocycles. The molecule has 130 valence electrons. The van der Waals surface area contributed by atoms with Crippen LogP contribution in [0.25, 0.3) is 0 Å². The lowest BCUT2D eigenvalue weighted by atomic mass is 9.91. The van der Waals surface area contributed by atoms with Crippen molar-refractivity contribution in [3.8, 4) is 0 Å². The highest BCUT2D eigenvalue weighted by Crippen LogP contribution is 2.29. The molecule has 0 fully saturated rings. The second kappa shape index (κ2) is 8.18. The van der Waals surface area contributed by atoms with Crippen molar-refractivity contribution in [1.82, 2.24) is 4.57 Å². The molecule has 0 aliphatic carbocycles. The molecule has 0 spiro atoms. The summed E-state index contributed by atoms with van der Waals surface area (Å²) in [6, 6.07) is 10.4. The van der Waals surface area contributed by atoms with Crippen LogP contribution < -0.4 is 4.57 Å². The zero-order valence-electron chi connectivity index (χ0n) is 15.9. The topological polar surface area (TPSA) is 18.0 Å². The van der Waals surface area contributed by atoms with Gasteiger partial charge in [0, 0.05) is 5.56 Å². The molecule has 1 aromatic carbocycles. The van der Waals surface area contributed by atoms with E-state index in [2.05, 4.69) is 93.7 Å². The van der Waals surface area contributed by atoms with Crippen LogP contribution in [0.3, 0.4) is 0 Å². The molecule has 1 heterocycles. The quantitative estimate of drug-likeness (QED) is 0.520. The van der Waals surface area contributed by atoms with Gasteiger partial charge in [-0.1, -0.05) is 58.0 Å². The van der Waals surface area contributed by atoms with Crippen molar-refractivity contribution >= 4 is 0 Å². The molecule has 1 atom stereocenters. The number of nitrogens with zero attached hydrogens (tertiary/aromatic N) is 2. The molecule has 24 heavy (non-hydrogen) atoms. The average Bonchev–Trinajstić information content (AvgIpc) is 3.01. The number of hydrogen-bond donors (Lipinski definition) is 0. The summed E-state index contributed by atoms with van der Waals surface area (Å²) in [5.41, 5.74) is 2.54. The second-order valence-corrected chi connectivity index (χ2v) is 6.89. The maximum atomic E-state index is 6.49. The van der Waals surface area contributed by atoms with Gasteiger partial charge in [-0.05, 0) is 31.3 Å². The minimum absolute atomic E-state index is 0.147. The third-order valence-electron chi connectivity index (χ3n) is 4.37. The van der Waals surface area contributed by atoms with E-state index in [4.69, 9.17) is 4.74 Å². The second-order valence-electron chi connectivity index (χ2n) is 6.89. The molecule has 0 saturated heterocycles. The highest BCUT2D eigenvalue weighted by atomic mass is 16.5. The molecule has 2 rings (SSSR count). The van der Waals surface area contributed by atoms with E-state index in [1.807, 2.05) is 6.07 Å². The fourth-order valence-corrected chi connectivity index (χ4v) is 3.37. The lowest BCUT2D eigenvalue weighted by molar-refractivity contribution is -0.693. The van der Waals surface area contributed by atoms with Gasteiger partial charge in [-0.25, -0.2) is 4.57 Å². The van der Waals surface area contributed by atoms with Crippen molar-refractivity contribution in [3.63, 3.8) is 0 Å². The third-order valence-corrected chi connectivity index (χ3v) is 4.37.